The van der Waals surface area contributed by atoms with E-state index in [1.807, 2.05) is 44.2 Å². The van der Waals surface area contributed by atoms with E-state index >= 15 is 0 Å². The number of carbonyl (C=O) groups excluding carboxylic acids is 5. The minimum atomic E-state index is -1.03. The molecule has 0 spiro atoms. The minimum Gasteiger partial charge on any atom is -0.360 e. The van der Waals surface area contributed by atoms with Crippen molar-refractivity contribution in [2.75, 3.05) is 33.2 Å². The molecule has 1 aromatic rings. The molecule has 2 saturated heterocycles. The fourth-order valence-electron chi connectivity index (χ4n) is 4.59. The smallest absolute Gasteiger partial charge is 0.251 e. The Bertz CT molecular complexity index is 1030. The van der Waals surface area contributed by atoms with Gasteiger partial charge in [-0.2, -0.15) is 0 Å². The van der Waals surface area contributed by atoms with E-state index < -0.39 is 47.9 Å². The van der Waals surface area contributed by atoms with Gasteiger partial charge < -0.3 is 30.5 Å². The first-order chi connectivity index (χ1) is 18.0. The summed E-state index contributed by atoms with van der Waals surface area (Å²) in [6, 6.07) is 7.44. The maximum Gasteiger partial charge on any atom is 0.251 e. The molecule has 2 heterocycles. The van der Waals surface area contributed by atoms with Crippen molar-refractivity contribution in [3.63, 3.8) is 0 Å². The van der Waals surface area contributed by atoms with Crippen LogP contribution in [0.3, 0.4) is 0 Å². The molecule has 1 aromatic carbocycles. The summed E-state index contributed by atoms with van der Waals surface area (Å²) < 4.78 is 6.03. The monoisotopic (exact) mass is 529 g/mol. The zero-order valence-corrected chi connectivity index (χ0v) is 22.7. The van der Waals surface area contributed by atoms with Crippen LogP contribution in [0.1, 0.15) is 33.3 Å². The van der Waals surface area contributed by atoms with Crippen LogP contribution in [-0.4, -0.2) is 96.9 Å². The number of hydrogen-bond donors (Lipinski definition) is 3. The molecular weight excluding hydrogens is 490 g/mol. The quantitative estimate of drug-likeness (QED) is 0.490. The molecule has 208 valence electrons. The van der Waals surface area contributed by atoms with E-state index in [1.54, 1.807) is 18.7 Å². The number of ether oxygens (including phenoxy) is 1. The van der Waals surface area contributed by atoms with Crippen LogP contribution in [0.15, 0.2) is 30.3 Å². The van der Waals surface area contributed by atoms with Gasteiger partial charge in [0.25, 0.3) is 5.91 Å². The second-order valence-electron chi connectivity index (χ2n) is 10.6. The summed E-state index contributed by atoms with van der Waals surface area (Å²) >= 11 is 0. The number of carbonyl (C=O) groups is 5. The molecule has 0 aromatic heterocycles. The van der Waals surface area contributed by atoms with Crippen LogP contribution in [0.4, 0.5) is 0 Å². The molecule has 5 amide bonds. The van der Waals surface area contributed by atoms with Gasteiger partial charge in [-0.25, -0.2) is 0 Å². The number of nitrogens with zero attached hydrogens (tertiary/aromatic N) is 2. The zero-order valence-electron chi connectivity index (χ0n) is 22.7. The van der Waals surface area contributed by atoms with Gasteiger partial charge >= 0.3 is 0 Å². The van der Waals surface area contributed by atoms with Gasteiger partial charge in [-0.05, 0) is 11.5 Å². The maximum atomic E-state index is 13.4. The minimum absolute atomic E-state index is 0.0318. The van der Waals surface area contributed by atoms with Crippen molar-refractivity contribution in [1.82, 2.24) is 25.8 Å². The second kappa shape index (κ2) is 12.9. The van der Waals surface area contributed by atoms with Gasteiger partial charge in [-0.15, -0.1) is 0 Å². The van der Waals surface area contributed by atoms with Crippen LogP contribution in [0, 0.1) is 11.8 Å². The highest BCUT2D eigenvalue weighted by Crippen LogP contribution is 2.16. The predicted molar refractivity (Wildman–Crippen MR) is 140 cm³/mol. The van der Waals surface area contributed by atoms with Crippen LogP contribution in [0.2, 0.25) is 0 Å². The predicted octanol–water partition coefficient (Wildman–Crippen LogP) is -0.305. The Balaban J connectivity index is 1.94. The third-order valence-corrected chi connectivity index (χ3v) is 6.69. The van der Waals surface area contributed by atoms with E-state index in [9.17, 15) is 24.0 Å². The Hall–Kier alpha value is -3.47. The molecule has 2 aliphatic heterocycles. The molecule has 11 nitrogen and oxygen atoms in total. The summed E-state index contributed by atoms with van der Waals surface area (Å²) in [5.74, 6) is -2.53. The SMILES string of the molecule is CC(C)C(=O)N1C[C@@H]2CNC(=O)[C@H](C(C)C)NC(=O)CN(C)C(=O)[C@@H](Cc3ccccc3)NC(=O)[C@@H](C1)O2. The van der Waals surface area contributed by atoms with E-state index in [-0.39, 0.29) is 50.3 Å². The molecule has 0 unspecified atom stereocenters. The molecule has 3 rings (SSSR count). The summed E-state index contributed by atoms with van der Waals surface area (Å²) in [5, 5.41) is 8.31. The molecule has 11 heteroatoms. The third-order valence-electron chi connectivity index (χ3n) is 6.69. The van der Waals surface area contributed by atoms with E-state index in [0.29, 0.717) is 0 Å². The largest absolute Gasteiger partial charge is 0.360 e. The Morgan fingerprint density at radius 3 is 2.32 bits per heavy atom. The molecule has 2 bridgehead atoms. The summed E-state index contributed by atoms with van der Waals surface area (Å²) in [5.41, 5.74) is 0.829. The summed E-state index contributed by atoms with van der Waals surface area (Å²) in [6.07, 6.45) is -1.47. The molecule has 38 heavy (non-hydrogen) atoms. The Morgan fingerprint density at radius 1 is 1.00 bits per heavy atom. The number of likely N-dealkylation sites (N-methyl/N-ethyl adjacent to an activating group) is 1. The Morgan fingerprint density at radius 2 is 1.68 bits per heavy atom. The van der Waals surface area contributed by atoms with Crippen molar-refractivity contribution < 1.29 is 28.7 Å². The normalized spacial score (nSPS) is 25.9. The highest BCUT2D eigenvalue weighted by Gasteiger charge is 2.38. The first-order valence-corrected chi connectivity index (χ1v) is 13.1. The number of fused-ring (bicyclic) bond motifs is 2. The first-order valence-electron chi connectivity index (χ1n) is 13.1. The summed E-state index contributed by atoms with van der Waals surface area (Å²) in [6.45, 7) is 7.17. The van der Waals surface area contributed by atoms with E-state index in [0.717, 1.165) is 5.56 Å². The van der Waals surface area contributed by atoms with Crippen molar-refractivity contribution in [1.29, 1.82) is 0 Å². The zero-order chi connectivity index (χ0) is 28.0. The van der Waals surface area contributed by atoms with Crippen LogP contribution in [0.5, 0.6) is 0 Å². The van der Waals surface area contributed by atoms with Crippen molar-refractivity contribution >= 4 is 29.5 Å². The molecular formula is C27H39N5O6. The average molecular weight is 530 g/mol. The van der Waals surface area contributed by atoms with Crippen LogP contribution < -0.4 is 16.0 Å². The van der Waals surface area contributed by atoms with Crippen molar-refractivity contribution in [3.8, 4) is 0 Å². The lowest BCUT2D eigenvalue weighted by atomic mass is 10.0. The van der Waals surface area contributed by atoms with Crippen LogP contribution in [-0.2, 0) is 35.1 Å². The molecule has 2 aliphatic rings. The number of morpholine rings is 1. The van der Waals surface area contributed by atoms with Crippen molar-refractivity contribution in [2.45, 2.75) is 58.4 Å². The molecule has 4 atom stereocenters. The van der Waals surface area contributed by atoms with Crippen LogP contribution in [0.25, 0.3) is 0 Å². The fourth-order valence-corrected chi connectivity index (χ4v) is 4.59. The van der Waals surface area contributed by atoms with Gasteiger partial charge in [0.15, 0.2) is 6.10 Å². The molecule has 0 radical (unpaired) electrons. The Kier molecular flexibility index (Phi) is 9.84. The topological polar surface area (TPSA) is 137 Å². The third kappa shape index (κ3) is 7.53. The lowest BCUT2D eigenvalue weighted by Gasteiger charge is -2.38. The second-order valence-corrected chi connectivity index (χ2v) is 10.6. The fraction of sp³-hybridized carbons (Fsp3) is 0.593. The number of benzene rings is 1. The molecule has 0 aliphatic carbocycles. The lowest BCUT2D eigenvalue weighted by Crippen LogP contribution is -2.60. The molecule has 2 fully saturated rings. The van der Waals surface area contributed by atoms with E-state index in [2.05, 4.69) is 16.0 Å². The standard InChI is InChI=1S/C27H39N5O6/c1-16(2)23-25(35)28-12-19-13-32(26(36)17(3)4)14-21(38-19)24(34)29-20(11-18-9-7-6-8-10-18)27(37)31(5)15-22(33)30-23/h6-10,16-17,19-21,23H,11-15H2,1-5H3,(H,28,35)(H,29,34)(H,30,33)/t19-,20+,21+,23-/m0/s1. The van der Waals surface area contributed by atoms with Gasteiger partial charge in [-0.3, -0.25) is 24.0 Å². The van der Waals surface area contributed by atoms with Gasteiger partial charge in [0.05, 0.1) is 19.2 Å². The highest BCUT2D eigenvalue weighted by molar-refractivity contribution is 5.93. The maximum absolute atomic E-state index is 13.4. The van der Waals surface area contributed by atoms with E-state index in [1.165, 1.54) is 11.9 Å². The first kappa shape index (κ1) is 29.1. The van der Waals surface area contributed by atoms with Gasteiger partial charge in [0.1, 0.15) is 12.1 Å². The average Bonchev–Trinajstić information content (AvgIpc) is 2.88. The van der Waals surface area contributed by atoms with Gasteiger partial charge in [0, 0.05) is 32.5 Å². The molecule has 0 saturated carbocycles. The van der Waals surface area contributed by atoms with E-state index in [4.69, 9.17) is 4.74 Å². The molecule has 3 N–H and O–H groups in total. The summed E-state index contributed by atoms with van der Waals surface area (Å²) in [7, 11) is 1.48. The number of rotatable bonds is 4. The lowest BCUT2D eigenvalue weighted by molar-refractivity contribution is -0.159. The number of amides is 5. The van der Waals surface area contributed by atoms with Crippen molar-refractivity contribution in [2.24, 2.45) is 11.8 Å². The summed E-state index contributed by atoms with van der Waals surface area (Å²) in [4.78, 5) is 68.2. The van der Waals surface area contributed by atoms with Gasteiger partial charge in [0.2, 0.25) is 23.6 Å². The number of hydrogen-bond acceptors (Lipinski definition) is 6. The number of nitrogens with one attached hydrogen (secondary N) is 3. The Labute approximate surface area is 223 Å². The van der Waals surface area contributed by atoms with Crippen molar-refractivity contribution in [3.05, 3.63) is 35.9 Å². The highest BCUT2D eigenvalue weighted by atomic mass is 16.5. The van der Waals surface area contributed by atoms with Gasteiger partial charge in [-0.1, -0.05) is 58.0 Å². The van der Waals surface area contributed by atoms with Crippen LogP contribution >= 0.6 is 0 Å².